The number of nitrogens with zero attached hydrogens (tertiary/aromatic N) is 2. The fourth-order valence-electron chi connectivity index (χ4n) is 3.26. The third kappa shape index (κ3) is 2.24. The van der Waals surface area contributed by atoms with Crippen molar-refractivity contribution in [2.75, 3.05) is 0 Å². The molecule has 2 rings (SSSR count). The summed E-state index contributed by atoms with van der Waals surface area (Å²) >= 11 is 0. The van der Waals surface area contributed by atoms with Gasteiger partial charge in [-0.2, -0.15) is 0 Å². The Morgan fingerprint density at radius 3 is 2.62 bits per heavy atom. The Bertz CT molecular complexity index is 363. The van der Waals surface area contributed by atoms with Crippen molar-refractivity contribution < 1.29 is 5.11 Å². The van der Waals surface area contributed by atoms with Crippen LogP contribution in [0.1, 0.15) is 45.7 Å². The first-order valence-electron chi connectivity index (χ1n) is 5.90. The molecule has 1 fully saturated rings. The first-order chi connectivity index (χ1) is 7.41. The summed E-state index contributed by atoms with van der Waals surface area (Å²) < 4.78 is 0. The van der Waals surface area contributed by atoms with Crippen molar-refractivity contribution in [3.05, 3.63) is 24.3 Å². The van der Waals surface area contributed by atoms with Gasteiger partial charge < -0.3 is 5.11 Å². The molecule has 1 aromatic rings. The van der Waals surface area contributed by atoms with E-state index in [0.29, 0.717) is 5.92 Å². The van der Waals surface area contributed by atoms with Crippen LogP contribution >= 0.6 is 0 Å². The van der Waals surface area contributed by atoms with Gasteiger partial charge in [0.1, 0.15) is 5.60 Å². The molecule has 0 aliphatic heterocycles. The van der Waals surface area contributed by atoms with Crippen LogP contribution in [0.4, 0.5) is 0 Å². The number of hydrogen-bond acceptors (Lipinski definition) is 3. The smallest absolute Gasteiger partial charge is 0.109 e. The highest BCUT2D eigenvalue weighted by Gasteiger charge is 2.43. The van der Waals surface area contributed by atoms with E-state index < -0.39 is 5.60 Å². The van der Waals surface area contributed by atoms with E-state index in [1.165, 1.54) is 0 Å². The quantitative estimate of drug-likeness (QED) is 0.791. The van der Waals surface area contributed by atoms with E-state index in [1.54, 1.807) is 18.6 Å². The SMILES string of the molecule is CC1CC(C)(C)CC(O)(c2cnccn2)C1. The molecule has 0 aromatic carbocycles. The van der Waals surface area contributed by atoms with Gasteiger partial charge in [-0.15, -0.1) is 0 Å². The van der Waals surface area contributed by atoms with Gasteiger partial charge >= 0.3 is 0 Å². The Morgan fingerprint density at radius 2 is 2.06 bits per heavy atom. The van der Waals surface area contributed by atoms with Crippen LogP contribution in [-0.4, -0.2) is 15.1 Å². The van der Waals surface area contributed by atoms with E-state index >= 15 is 0 Å². The Balaban J connectivity index is 2.31. The summed E-state index contributed by atoms with van der Waals surface area (Å²) in [4.78, 5) is 8.32. The Morgan fingerprint density at radius 1 is 1.31 bits per heavy atom. The first-order valence-corrected chi connectivity index (χ1v) is 5.90. The van der Waals surface area contributed by atoms with Crippen LogP contribution in [0.25, 0.3) is 0 Å². The highest BCUT2D eigenvalue weighted by Crippen LogP contribution is 2.47. The van der Waals surface area contributed by atoms with E-state index in [2.05, 4.69) is 30.7 Å². The lowest BCUT2D eigenvalue weighted by Crippen LogP contribution is -2.40. The standard InChI is InChI=1S/C13H20N2O/c1-10-6-12(2,3)9-13(16,7-10)11-8-14-4-5-15-11/h4-5,8,10,16H,6-7,9H2,1-3H3. The zero-order valence-corrected chi connectivity index (χ0v) is 10.3. The molecule has 1 saturated carbocycles. The third-order valence-corrected chi connectivity index (χ3v) is 3.40. The van der Waals surface area contributed by atoms with E-state index in [1.807, 2.05) is 0 Å². The summed E-state index contributed by atoms with van der Waals surface area (Å²) in [5.41, 5.74) is 0.0916. The molecule has 1 heterocycles. The van der Waals surface area contributed by atoms with Crippen molar-refractivity contribution in [3.63, 3.8) is 0 Å². The summed E-state index contributed by atoms with van der Waals surface area (Å²) in [5, 5.41) is 10.7. The zero-order chi connectivity index (χ0) is 11.8. The lowest BCUT2D eigenvalue weighted by Gasteiger charge is -2.44. The first kappa shape index (κ1) is 11.5. The minimum absolute atomic E-state index is 0.171. The molecule has 0 amide bonds. The number of aliphatic hydroxyl groups is 1. The maximum Gasteiger partial charge on any atom is 0.109 e. The maximum atomic E-state index is 10.7. The molecule has 3 nitrogen and oxygen atoms in total. The van der Waals surface area contributed by atoms with E-state index in [9.17, 15) is 5.11 Å². The molecule has 0 radical (unpaired) electrons. The van der Waals surface area contributed by atoms with Crippen LogP contribution in [0.15, 0.2) is 18.6 Å². The molecule has 0 saturated heterocycles. The van der Waals surface area contributed by atoms with Gasteiger partial charge in [-0.3, -0.25) is 9.97 Å². The minimum atomic E-state index is -0.796. The molecule has 0 spiro atoms. The Labute approximate surface area is 96.9 Å². The molecule has 1 N–H and O–H groups in total. The Kier molecular flexibility index (Phi) is 2.74. The third-order valence-electron chi connectivity index (χ3n) is 3.40. The molecule has 1 aromatic heterocycles. The lowest BCUT2D eigenvalue weighted by molar-refractivity contribution is -0.0668. The molecule has 1 aliphatic carbocycles. The van der Waals surface area contributed by atoms with Crippen LogP contribution in [-0.2, 0) is 5.60 Å². The van der Waals surface area contributed by atoms with Gasteiger partial charge in [0.2, 0.25) is 0 Å². The number of hydrogen-bond donors (Lipinski definition) is 1. The summed E-state index contributed by atoms with van der Waals surface area (Å²) in [6.45, 7) is 6.62. The molecule has 2 atom stereocenters. The second-order valence-electron chi connectivity index (χ2n) is 5.98. The van der Waals surface area contributed by atoms with Crippen molar-refractivity contribution in [1.82, 2.24) is 9.97 Å². The normalized spacial score (nSPS) is 33.6. The van der Waals surface area contributed by atoms with Crippen LogP contribution < -0.4 is 0 Å². The van der Waals surface area contributed by atoms with Crippen LogP contribution in [0.5, 0.6) is 0 Å². The molecular formula is C13H20N2O. The molecule has 16 heavy (non-hydrogen) atoms. The molecule has 88 valence electrons. The molecule has 3 heteroatoms. The largest absolute Gasteiger partial charge is 0.383 e. The lowest BCUT2D eigenvalue weighted by atomic mass is 9.65. The molecule has 1 aliphatic rings. The minimum Gasteiger partial charge on any atom is -0.383 e. The van der Waals surface area contributed by atoms with Crippen molar-refractivity contribution in [2.24, 2.45) is 11.3 Å². The zero-order valence-electron chi connectivity index (χ0n) is 10.3. The average molecular weight is 220 g/mol. The van der Waals surface area contributed by atoms with E-state index in [4.69, 9.17) is 0 Å². The fraction of sp³-hybridized carbons (Fsp3) is 0.692. The predicted octanol–water partition coefficient (Wildman–Crippen LogP) is 2.51. The van der Waals surface area contributed by atoms with Crippen molar-refractivity contribution >= 4 is 0 Å². The van der Waals surface area contributed by atoms with Gasteiger partial charge in [0.15, 0.2) is 0 Å². The molecule has 0 bridgehead atoms. The van der Waals surface area contributed by atoms with Crippen molar-refractivity contribution in [3.8, 4) is 0 Å². The van der Waals surface area contributed by atoms with Crippen molar-refractivity contribution in [2.45, 2.75) is 45.6 Å². The van der Waals surface area contributed by atoms with Crippen LogP contribution in [0.3, 0.4) is 0 Å². The summed E-state index contributed by atoms with van der Waals surface area (Å²) in [6.07, 6.45) is 7.70. The van der Waals surface area contributed by atoms with Crippen LogP contribution in [0.2, 0.25) is 0 Å². The highest BCUT2D eigenvalue weighted by atomic mass is 16.3. The van der Waals surface area contributed by atoms with Gasteiger partial charge in [0.25, 0.3) is 0 Å². The molecule has 2 unspecified atom stereocenters. The monoisotopic (exact) mass is 220 g/mol. The summed E-state index contributed by atoms with van der Waals surface area (Å²) in [5.74, 6) is 0.524. The van der Waals surface area contributed by atoms with Gasteiger partial charge in [-0.1, -0.05) is 20.8 Å². The molecular weight excluding hydrogens is 200 g/mol. The topological polar surface area (TPSA) is 46.0 Å². The second-order valence-corrected chi connectivity index (χ2v) is 5.98. The number of aromatic nitrogens is 2. The maximum absolute atomic E-state index is 10.7. The average Bonchev–Trinajstić information content (AvgIpc) is 2.15. The van der Waals surface area contributed by atoms with Gasteiger partial charge in [0, 0.05) is 12.4 Å². The summed E-state index contributed by atoms with van der Waals surface area (Å²) in [7, 11) is 0. The van der Waals surface area contributed by atoms with E-state index in [0.717, 1.165) is 25.0 Å². The Hall–Kier alpha value is -0.960. The van der Waals surface area contributed by atoms with Crippen molar-refractivity contribution in [1.29, 1.82) is 0 Å². The van der Waals surface area contributed by atoms with Gasteiger partial charge in [-0.25, -0.2) is 0 Å². The predicted molar refractivity (Wildman–Crippen MR) is 62.7 cm³/mol. The second kappa shape index (κ2) is 3.81. The fourth-order valence-corrected chi connectivity index (χ4v) is 3.26. The summed E-state index contributed by atoms with van der Waals surface area (Å²) in [6, 6.07) is 0. The van der Waals surface area contributed by atoms with E-state index in [-0.39, 0.29) is 5.41 Å². The highest BCUT2D eigenvalue weighted by molar-refractivity contribution is 5.11. The van der Waals surface area contributed by atoms with Crippen LogP contribution in [0, 0.1) is 11.3 Å². The van der Waals surface area contributed by atoms with Gasteiger partial charge in [0.05, 0.1) is 11.9 Å². The van der Waals surface area contributed by atoms with Gasteiger partial charge in [-0.05, 0) is 30.6 Å². The number of rotatable bonds is 1.